The smallest absolute Gasteiger partial charge is 0.225 e. The van der Waals surface area contributed by atoms with Crippen LogP contribution in [0.1, 0.15) is 31.7 Å². The third-order valence-corrected chi connectivity index (χ3v) is 4.28. The summed E-state index contributed by atoms with van der Waals surface area (Å²) >= 11 is 0. The number of amides is 1. The number of halogens is 2. The fraction of sp³-hybridized carbons (Fsp3) is 0.588. The van der Waals surface area contributed by atoms with Crippen LogP contribution in [0.15, 0.2) is 24.3 Å². The van der Waals surface area contributed by atoms with Gasteiger partial charge in [0, 0.05) is 25.0 Å². The van der Waals surface area contributed by atoms with Crippen molar-refractivity contribution < 1.29 is 9.18 Å². The molecule has 1 heterocycles. The predicted octanol–water partition coefficient (Wildman–Crippen LogP) is 3.03. The summed E-state index contributed by atoms with van der Waals surface area (Å²) in [7, 11) is 1.92. The molecule has 1 aromatic carbocycles. The molecule has 2 atom stereocenters. The molecule has 1 aliphatic heterocycles. The highest BCUT2D eigenvalue weighted by Crippen LogP contribution is 2.21. The molecule has 1 saturated heterocycles. The maximum absolute atomic E-state index is 13.1. The number of hydrogen-bond acceptors (Lipinski definition) is 2. The summed E-state index contributed by atoms with van der Waals surface area (Å²) in [6.45, 7) is 3.72. The van der Waals surface area contributed by atoms with E-state index in [0.717, 1.165) is 44.3 Å². The molecule has 124 valence electrons. The van der Waals surface area contributed by atoms with E-state index in [0.29, 0.717) is 6.04 Å². The summed E-state index contributed by atoms with van der Waals surface area (Å²) in [5.41, 5.74) is 0.961. The number of aryl methyl sites for hydroxylation is 1. The van der Waals surface area contributed by atoms with Gasteiger partial charge in [-0.1, -0.05) is 19.1 Å². The highest BCUT2D eigenvalue weighted by Gasteiger charge is 2.30. The monoisotopic (exact) mass is 328 g/mol. The molecule has 1 aromatic rings. The SMILES string of the molecule is CNCC1CCCN1C(=O)C(C)CCc1cccc(F)c1.Cl. The number of hydrogen-bond donors (Lipinski definition) is 1. The maximum Gasteiger partial charge on any atom is 0.225 e. The molecule has 0 aromatic heterocycles. The zero-order valence-corrected chi connectivity index (χ0v) is 14.2. The molecular formula is C17H26ClFN2O. The summed E-state index contributed by atoms with van der Waals surface area (Å²) in [5.74, 6) is 0.0231. The van der Waals surface area contributed by atoms with E-state index in [2.05, 4.69) is 5.32 Å². The first-order valence-corrected chi connectivity index (χ1v) is 7.81. The van der Waals surface area contributed by atoms with Crippen molar-refractivity contribution in [2.45, 2.75) is 38.6 Å². The van der Waals surface area contributed by atoms with E-state index in [9.17, 15) is 9.18 Å². The van der Waals surface area contributed by atoms with Gasteiger partial charge >= 0.3 is 0 Å². The number of nitrogens with one attached hydrogen (secondary N) is 1. The van der Waals surface area contributed by atoms with Gasteiger partial charge in [0.15, 0.2) is 0 Å². The van der Waals surface area contributed by atoms with Crippen molar-refractivity contribution in [1.82, 2.24) is 10.2 Å². The Hall–Kier alpha value is -1.13. The Morgan fingerprint density at radius 1 is 1.50 bits per heavy atom. The second-order valence-electron chi connectivity index (χ2n) is 5.96. The molecule has 0 saturated carbocycles. The molecule has 5 heteroatoms. The van der Waals surface area contributed by atoms with Crippen molar-refractivity contribution in [2.75, 3.05) is 20.1 Å². The van der Waals surface area contributed by atoms with Crippen molar-refractivity contribution in [3.05, 3.63) is 35.6 Å². The summed E-state index contributed by atoms with van der Waals surface area (Å²) in [4.78, 5) is 14.6. The standard InChI is InChI=1S/C17H25FN2O.ClH/c1-13(8-9-14-5-3-6-15(18)11-14)17(21)20-10-4-7-16(20)12-19-2;/h3,5-6,11,13,16,19H,4,7-10,12H2,1-2H3;1H. The van der Waals surface area contributed by atoms with Gasteiger partial charge in [0.25, 0.3) is 0 Å². The fourth-order valence-electron chi connectivity index (χ4n) is 3.06. The number of benzene rings is 1. The van der Waals surface area contributed by atoms with E-state index in [-0.39, 0.29) is 30.0 Å². The van der Waals surface area contributed by atoms with Crippen LogP contribution in [-0.4, -0.2) is 37.0 Å². The van der Waals surface area contributed by atoms with Gasteiger partial charge in [-0.05, 0) is 50.4 Å². The van der Waals surface area contributed by atoms with Gasteiger partial charge in [0.2, 0.25) is 5.91 Å². The Kier molecular flexibility index (Phi) is 7.83. The average Bonchev–Trinajstić information content (AvgIpc) is 2.92. The summed E-state index contributed by atoms with van der Waals surface area (Å²) < 4.78 is 13.1. The maximum atomic E-state index is 13.1. The van der Waals surface area contributed by atoms with Crippen LogP contribution in [0.2, 0.25) is 0 Å². The molecular weight excluding hydrogens is 303 g/mol. The minimum absolute atomic E-state index is 0. The van der Waals surface area contributed by atoms with E-state index in [1.165, 1.54) is 6.07 Å². The summed E-state index contributed by atoms with van der Waals surface area (Å²) in [5, 5.41) is 3.16. The van der Waals surface area contributed by atoms with Crippen LogP contribution in [0.4, 0.5) is 4.39 Å². The lowest BCUT2D eigenvalue weighted by Crippen LogP contribution is -2.43. The first-order valence-electron chi connectivity index (χ1n) is 7.81. The lowest BCUT2D eigenvalue weighted by atomic mass is 9.99. The van der Waals surface area contributed by atoms with E-state index in [4.69, 9.17) is 0 Å². The Balaban J connectivity index is 0.00000242. The lowest BCUT2D eigenvalue weighted by Gasteiger charge is -2.27. The van der Waals surface area contributed by atoms with Gasteiger partial charge < -0.3 is 10.2 Å². The molecule has 0 bridgehead atoms. The average molecular weight is 329 g/mol. The molecule has 1 fully saturated rings. The molecule has 2 unspecified atom stereocenters. The van der Waals surface area contributed by atoms with Gasteiger partial charge in [0.05, 0.1) is 0 Å². The second kappa shape index (κ2) is 9.11. The van der Waals surface area contributed by atoms with E-state index < -0.39 is 0 Å². The highest BCUT2D eigenvalue weighted by atomic mass is 35.5. The molecule has 1 amide bonds. The largest absolute Gasteiger partial charge is 0.338 e. The van der Waals surface area contributed by atoms with E-state index in [1.807, 2.05) is 24.9 Å². The minimum atomic E-state index is -0.208. The quantitative estimate of drug-likeness (QED) is 0.870. The van der Waals surface area contributed by atoms with Crippen LogP contribution in [-0.2, 0) is 11.2 Å². The Bertz CT molecular complexity index is 483. The Morgan fingerprint density at radius 3 is 2.95 bits per heavy atom. The van der Waals surface area contributed by atoms with Crippen molar-refractivity contribution >= 4 is 18.3 Å². The molecule has 3 nitrogen and oxygen atoms in total. The zero-order valence-electron chi connectivity index (χ0n) is 13.3. The molecule has 1 aliphatic rings. The first kappa shape index (κ1) is 18.9. The molecule has 0 radical (unpaired) electrons. The van der Waals surface area contributed by atoms with Crippen molar-refractivity contribution in [1.29, 1.82) is 0 Å². The van der Waals surface area contributed by atoms with Crippen molar-refractivity contribution in [3.63, 3.8) is 0 Å². The number of nitrogens with zero attached hydrogens (tertiary/aromatic N) is 1. The van der Waals surface area contributed by atoms with Crippen LogP contribution >= 0.6 is 12.4 Å². The lowest BCUT2D eigenvalue weighted by molar-refractivity contribution is -0.135. The number of likely N-dealkylation sites (tertiary alicyclic amines) is 1. The fourth-order valence-corrected chi connectivity index (χ4v) is 3.06. The second-order valence-corrected chi connectivity index (χ2v) is 5.96. The van der Waals surface area contributed by atoms with Crippen LogP contribution < -0.4 is 5.32 Å². The van der Waals surface area contributed by atoms with E-state index >= 15 is 0 Å². The van der Waals surface area contributed by atoms with Gasteiger partial charge in [-0.25, -0.2) is 4.39 Å². The number of rotatable bonds is 6. The van der Waals surface area contributed by atoms with Crippen molar-refractivity contribution in [2.24, 2.45) is 5.92 Å². The van der Waals surface area contributed by atoms with Gasteiger partial charge in [-0.3, -0.25) is 4.79 Å². The number of likely N-dealkylation sites (N-methyl/N-ethyl adjacent to an activating group) is 1. The first-order chi connectivity index (χ1) is 10.1. The van der Waals surface area contributed by atoms with Crippen LogP contribution in [0.3, 0.4) is 0 Å². The summed E-state index contributed by atoms with van der Waals surface area (Å²) in [6.07, 6.45) is 3.69. The minimum Gasteiger partial charge on any atom is -0.338 e. The van der Waals surface area contributed by atoms with Crippen LogP contribution in [0, 0.1) is 11.7 Å². The normalized spacial score (nSPS) is 18.9. The third kappa shape index (κ3) is 4.96. The predicted molar refractivity (Wildman–Crippen MR) is 89.8 cm³/mol. The highest BCUT2D eigenvalue weighted by molar-refractivity contribution is 5.85. The van der Waals surface area contributed by atoms with E-state index in [1.54, 1.807) is 12.1 Å². The molecule has 1 N–H and O–H groups in total. The van der Waals surface area contributed by atoms with Crippen LogP contribution in [0.5, 0.6) is 0 Å². The van der Waals surface area contributed by atoms with Gasteiger partial charge in [-0.15, -0.1) is 12.4 Å². The molecule has 0 aliphatic carbocycles. The van der Waals surface area contributed by atoms with Crippen LogP contribution in [0.25, 0.3) is 0 Å². The molecule has 0 spiro atoms. The van der Waals surface area contributed by atoms with Gasteiger partial charge in [-0.2, -0.15) is 0 Å². The van der Waals surface area contributed by atoms with Crippen molar-refractivity contribution in [3.8, 4) is 0 Å². The topological polar surface area (TPSA) is 32.3 Å². The third-order valence-electron chi connectivity index (χ3n) is 4.28. The molecule has 22 heavy (non-hydrogen) atoms. The Morgan fingerprint density at radius 2 is 2.27 bits per heavy atom. The molecule has 2 rings (SSSR count). The Labute approximate surface area is 138 Å². The zero-order chi connectivity index (χ0) is 15.2. The number of carbonyl (C=O) groups is 1. The van der Waals surface area contributed by atoms with Gasteiger partial charge in [0.1, 0.15) is 5.82 Å². The number of carbonyl (C=O) groups excluding carboxylic acids is 1. The summed E-state index contributed by atoms with van der Waals surface area (Å²) in [6, 6.07) is 6.97.